The molecule has 2 aliphatic rings. The minimum Gasteiger partial charge on any atom is -0.317 e. The molecule has 0 amide bonds. The van der Waals surface area contributed by atoms with E-state index in [2.05, 4.69) is 26.2 Å². The van der Waals surface area contributed by atoms with E-state index in [0.717, 1.165) is 41.1 Å². The van der Waals surface area contributed by atoms with E-state index in [1.807, 2.05) is 31.5 Å². The summed E-state index contributed by atoms with van der Waals surface area (Å²) in [5.74, 6) is 0.891. The van der Waals surface area contributed by atoms with Crippen molar-refractivity contribution in [2.75, 3.05) is 13.1 Å². The summed E-state index contributed by atoms with van der Waals surface area (Å²) >= 11 is 14.2. The van der Waals surface area contributed by atoms with Crippen LogP contribution < -0.4 is 0 Å². The van der Waals surface area contributed by atoms with E-state index in [4.69, 9.17) is 23.2 Å². The molecular formula is C23H28Cl2N4S. The fourth-order valence-electron chi connectivity index (χ4n) is 4.67. The van der Waals surface area contributed by atoms with E-state index in [9.17, 15) is 0 Å². The van der Waals surface area contributed by atoms with Crippen molar-refractivity contribution >= 4 is 46.6 Å². The van der Waals surface area contributed by atoms with Gasteiger partial charge in [-0.15, -0.1) is 0 Å². The van der Waals surface area contributed by atoms with Crippen molar-refractivity contribution in [2.24, 2.45) is 10.4 Å². The lowest BCUT2D eigenvalue weighted by Gasteiger charge is -2.39. The van der Waals surface area contributed by atoms with E-state index >= 15 is 0 Å². The monoisotopic (exact) mass is 462 g/mol. The highest BCUT2D eigenvalue weighted by atomic mass is 35.5. The number of piperidine rings is 1. The highest BCUT2D eigenvalue weighted by Crippen LogP contribution is 2.46. The summed E-state index contributed by atoms with van der Waals surface area (Å²) in [6, 6.07) is 5.67. The van der Waals surface area contributed by atoms with Crippen molar-refractivity contribution in [2.45, 2.75) is 57.0 Å². The molecule has 0 bridgehead atoms. The Morgan fingerprint density at radius 3 is 2.63 bits per heavy atom. The fourth-order valence-corrected chi connectivity index (χ4v) is 6.18. The van der Waals surface area contributed by atoms with Crippen LogP contribution in [0.25, 0.3) is 4.91 Å². The van der Waals surface area contributed by atoms with Crippen molar-refractivity contribution in [3.8, 4) is 0 Å². The smallest absolute Gasteiger partial charge is 0.149 e. The normalized spacial score (nSPS) is 19.8. The largest absolute Gasteiger partial charge is 0.317 e. The number of aromatic nitrogens is 2. The molecule has 2 heterocycles. The van der Waals surface area contributed by atoms with Gasteiger partial charge in [0, 0.05) is 30.4 Å². The third-order valence-corrected chi connectivity index (χ3v) is 8.72. The zero-order chi connectivity index (χ0) is 21.1. The first-order chi connectivity index (χ1) is 14.5. The molecule has 30 heavy (non-hydrogen) atoms. The Morgan fingerprint density at radius 1 is 1.20 bits per heavy atom. The van der Waals surface area contributed by atoms with Crippen LogP contribution in [-0.4, -0.2) is 34.3 Å². The SMILES string of the molecule is C=N/C(C)=C(/Sc1cccc(Cl)c1Cl)c1nccn1CN1CCC2(CCCC2)CC1. The lowest BCUT2D eigenvalue weighted by Crippen LogP contribution is -2.39. The van der Waals surface area contributed by atoms with Crippen molar-refractivity contribution in [3.05, 3.63) is 52.2 Å². The van der Waals surface area contributed by atoms with Crippen molar-refractivity contribution in [3.63, 3.8) is 0 Å². The summed E-state index contributed by atoms with van der Waals surface area (Å²) in [6.07, 6.45) is 12.2. The molecule has 1 aromatic carbocycles. The summed E-state index contributed by atoms with van der Waals surface area (Å²) in [5.41, 5.74) is 1.45. The first-order valence-electron chi connectivity index (χ1n) is 10.5. The Kier molecular flexibility index (Phi) is 6.93. The van der Waals surface area contributed by atoms with Gasteiger partial charge in [-0.05, 0) is 56.9 Å². The van der Waals surface area contributed by atoms with E-state index in [-0.39, 0.29) is 0 Å². The number of nitrogens with zero attached hydrogens (tertiary/aromatic N) is 4. The molecule has 0 N–H and O–H groups in total. The number of aliphatic imine (C=N–C) groups is 1. The van der Waals surface area contributed by atoms with Gasteiger partial charge in [0.1, 0.15) is 5.82 Å². The quantitative estimate of drug-likeness (QED) is 0.342. The molecule has 2 fully saturated rings. The van der Waals surface area contributed by atoms with Crippen LogP contribution in [0.15, 0.2) is 46.2 Å². The van der Waals surface area contributed by atoms with E-state index in [1.54, 1.807) is 6.07 Å². The van der Waals surface area contributed by atoms with Crippen LogP contribution in [-0.2, 0) is 6.67 Å². The Morgan fingerprint density at radius 2 is 1.93 bits per heavy atom. The van der Waals surface area contributed by atoms with Gasteiger partial charge in [-0.25, -0.2) is 4.98 Å². The van der Waals surface area contributed by atoms with Gasteiger partial charge in [0.2, 0.25) is 0 Å². The zero-order valence-corrected chi connectivity index (χ0v) is 19.7. The summed E-state index contributed by atoms with van der Waals surface area (Å²) in [4.78, 5) is 13.2. The number of likely N-dealkylation sites (tertiary alicyclic amines) is 1. The molecular weight excluding hydrogens is 435 g/mol. The number of halogens is 2. The number of hydrogen-bond donors (Lipinski definition) is 0. The van der Waals surface area contributed by atoms with Crippen LogP contribution in [0.2, 0.25) is 10.0 Å². The van der Waals surface area contributed by atoms with E-state index in [1.165, 1.54) is 50.3 Å². The van der Waals surface area contributed by atoms with E-state index < -0.39 is 0 Å². The second-order valence-corrected chi connectivity index (χ2v) is 10.3. The third-order valence-electron chi connectivity index (χ3n) is 6.55. The summed E-state index contributed by atoms with van der Waals surface area (Å²) in [6.45, 7) is 8.83. The second kappa shape index (κ2) is 9.47. The van der Waals surface area contributed by atoms with Crippen LogP contribution in [0.4, 0.5) is 0 Å². The van der Waals surface area contributed by atoms with Gasteiger partial charge in [0.25, 0.3) is 0 Å². The molecule has 1 saturated heterocycles. The number of hydrogen-bond acceptors (Lipinski definition) is 4. The number of rotatable bonds is 6. The van der Waals surface area contributed by atoms with Crippen LogP contribution >= 0.6 is 35.0 Å². The maximum absolute atomic E-state index is 6.44. The summed E-state index contributed by atoms with van der Waals surface area (Å²) < 4.78 is 2.21. The van der Waals surface area contributed by atoms with Gasteiger partial charge < -0.3 is 4.57 Å². The number of imidazole rings is 1. The van der Waals surface area contributed by atoms with Gasteiger partial charge >= 0.3 is 0 Å². The molecule has 1 aliphatic heterocycles. The summed E-state index contributed by atoms with van der Waals surface area (Å²) in [5, 5.41) is 1.09. The topological polar surface area (TPSA) is 33.4 Å². The van der Waals surface area contributed by atoms with Crippen molar-refractivity contribution in [1.29, 1.82) is 0 Å². The van der Waals surface area contributed by atoms with Crippen molar-refractivity contribution < 1.29 is 0 Å². The molecule has 2 aromatic rings. The molecule has 0 radical (unpaired) electrons. The highest BCUT2D eigenvalue weighted by Gasteiger charge is 2.36. The molecule has 4 rings (SSSR count). The first kappa shape index (κ1) is 21.9. The average Bonchev–Trinajstić information content (AvgIpc) is 3.40. The maximum atomic E-state index is 6.44. The van der Waals surface area contributed by atoms with Crippen LogP contribution in [0.3, 0.4) is 0 Å². The van der Waals surface area contributed by atoms with Crippen LogP contribution in [0.1, 0.15) is 51.3 Å². The molecule has 4 nitrogen and oxygen atoms in total. The Balaban J connectivity index is 1.53. The molecule has 1 spiro atoms. The lowest BCUT2D eigenvalue weighted by molar-refractivity contribution is 0.0860. The molecule has 0 unspecified atom stereocenters. The predicted octanol–water partition coefficient (Wildman–Crippen LogP) is 6.99. The standard InChI is InChI=1S/C23H28Cl2N4S/c1-17(26-2)21(30-19-7-5-6-18(24)20(19)25)22-27-12-15-29(22)16-28-13-10-23(11-14-28)8-3-4-9-23/h5-7,12,15H,2-4,8-11,13-14,16H2,1H3/b21-17+. The predicted molar refractivity (Wildman–Crippen MR) is 128 cm³/mol. The minimum absolute atomic E-state index is 0.544. The first-order valence-corrected chi connectivity index (χ1v) is 12.1. The highest BCUT2D eigenvalue weighted by molar-refractivity contribution is 8.08. The van der Waals surface area contributed by atoms with Gasteiger partial charge in [-0.1, -0.05) is 53.9 Å². The number of thioether (sulfide) groups is 1. The molecule has 1 aliphatic carbocycles. The Bertz CT molecular complexity index is 936. The van der Waals surface area contributed by atoms with Crippen LogP contribution in [0, 0.1) is 5.41 Å². The average molecular weight is 463 g/mol. The van der Waals surface area contributed by atoms with Crippen molar-refractivity contribution in [1.82, 2.24) is 14.5 Å². The Hall–Kier alpha value is -1.27. The zero-order valence-electron chi connectivity index (χ0n) is 17.4. The van der Waals surface area contributed by atoms with E-state index in [0.29, 0.717) is 15.5 Å². The molecule has 0 atom stereocenters. The second-order valence-electron chi connectivity index (χ2n) is 8.41. The fraction of sp³-hybridized carbons (Fsp3) is 0.478. The molecule has 160 valence electrons. The number of allylic oxidation sites excluding steroid dienone is 1. The molecule has 7 heteroatoms. The Labute approximate surface area is 193 Å². The molecule has 1 aromatic heterocycles. The van der Waals surface area contributed by atoms with Gasteiger partial charge in [0.15, 0.2) is 0 Å². The maximum Gasteiger partial charge on any atom is 0.149 e. The minimum atomic E-state index is 0.544. The summed E-state index contributed by atoms with van der Waals surface area (Å²) in [7, 11) is 0. The van der Waals surface area contributed by atoms with Gasteiger partial charge in [-0.3, -0.25) is 9.89 Å². The third kappa shape index (κ3) is 4.64. The molecule has 1 saturated carbocycles. The van der Waals surface area contributed by atoms with Crippen LogP contribution in [0.5, 0.6) is 0 Å². The lowest BCUT2D eigenvalue weighted by atomic mass is 9.77. The number of benzene rings is 1. The van der Waals surface area contributed by atoms with Gasteiger partial charge in [0.05, 0.1) is 27.3 Å². The van der Waals surface area contributed by atoms with Gasteiger partial charge in [-0.2, -0.15) is 0 Å².